The Morgan fingerprint density at radius 1 is 1.15 bits per heavy atom. The molecule has 1 aliphatic heterocycles. The van der Waals surface area contributed by atoms with Crippen molar-refractivity contribution < 1.29 is 14.5 Å². The van der Waals surface area contributed by atoms with E-state index in [-0.39, 0.29) is 17.9 Å². The summed E-state index contributed by atoms with van der Waals surface area (Å²) in [4.78, 5) is 25.4. The highest BCUT2D eigenvalue weighted by molar-refractivity contribution is 5.91. The zero-order chi connectivity index (χ0) is 18.5. The Kier molecular flexibility index (Phi) is 5.51. The number of piperidine rings is 1. The molecule has 1 fully saturated rings. The van der Waals surface area contributed by atoms with Crippen molar-refractivity contribution in [2.24, 2.45) is 0 Å². The molecular weight excluding hydrogens is 332 g/mol. The van der Waals surface area contributed by atoms with Crippen molar-refractivity contribution in [2.45, 2.75) is 32.8 Å². The molecule has 6 heteroatoms. The van der Waals surface area contributed by atoms with Crippen molar-refractivity contribution in [1.82, 2.24) is 0 Å². The molecule has 0 amide bonds. The van der Waals surface area contributed by atoms with Crippen LogP contribution in [0.4, 0.5) is 11.4 Å². The van der Waals surface area contributed by atoms with Gasteiger partial charge in [0.1, 0.15) is 12.3 Å². The van der Waals surface area contributed by atoms with Crippen molar-refractivity contribution in [3.63, 3.8) is 0 Å². The Bertz CT molecular complexity index is 813. The van der Waals surface area contributed by atoms with Crippen LogP contribution in [0.2, 0.25) is 0 Å². The van der Waals surface area contributed by atoms with Crippen LogP contribution in [0.15, 0.2) is 42.5 Å². The van der Waals surface area contributed by atoms with Crippen LogP contribution >= 0.6 is 0 Å². The van der Waals surface area contributed by atoms with Gasteiger partial charge in [-0.05, 0) is 43.9 Å². The van der Waals surface area contributed by atoms with E-state index >= 15 is 0 Å². The van der Waals surface area contributed by atoms with Gasteiger partial charge < -0.3 is 9.64 Å². The first-order valence-electron chi connectivity index (χ1n) is 8.80. The maximum atomic E-state index is 12.3. The van der Waals surface area contributed by atoms with Crippen LogP contribution in [0, 0.1) is 17.0 Å². The molecule has 0 aliphatic carbocycles. The lowest BCUT2D eigenvalue weighted by molar-refractivity contribution is -0.384. The molecule has 26 heavy (non-hydrogen) atoms. The number of aryl methyl sites for hydroxylation is 1. The molecule has 2 aromatic carbocycles. The lowest BCUT2D eigenvalue weighted by atomic mass is 10.1. The van der Waals surface area contributed by atoms with E-state index in [0.29, 0.717) is 5.69 Å². The molecule has 1 heterocycles. The van der Waals surface area contributed by atoms with Gasteiger partial charge in [-0.3, -0.25) is 10.1 Å². The quantitative estimate of drug-likeness (QED) is 0.456. The number of nitro groups is 1. The lowest BCUT2D eigenvalue weighted by Crippen LogP contribution is -2.30. The molecule has 0 bridgehead atoms. The van der Waals surface area contributed by atoms with Gasteiger partial charge in [0.15, 0.2) is 0 Å². The Labute approximate surface area is 152 Å². The Hall–Kier alpha value is -2.89. The summed E-state index contributed by atoms with van der Waals surface area (Å²) < 4.78 is 5.31. The van der Waals surface area contributed by atoms with E-state index in [1.807, 2.05) is 36.1 Å². The highest BCUT2D eigenvalue weighted by Gasteiger charge is 2.23. The molecular formula is C20H22N2O4. The maximum absolute atomic E-state index is 12.3. The second-order valence-electron chi connectivity index (χ2n) is 6.57. The van der Waals surface area contributed by atoms with Gasteiger partial charge in [0.2, 0.25) is 0 Å². The number of nitrogens with zero attached hydrogens (tertiary/aromatic N) is 2. The molecule has 0 radical (unpaired) electrons. The molecule has 1 aliphatic rings. The van der Waals surface area contributed by atoms with Gasteiger partial charge in [-0.15, -0.1) is 0 Å². The minimum absolute atomic E-state index is 0.0445. The van der Waals surface area contributed by atoms with Crippen molar-refractivity contribution in [1.29, 1.82) is 0 Å². The van der Waals surface area contributed by atoms with Crippen LogP contribution in [0.1, 0.15) is 40.7 Å². The fourth-order valence-corrected chi connectivity index (χ4v) is 3.23. The predicted octanol–water partition coefficient (Wildman–Crippen LogP) is 4.25. The summed E-state index contributed by atoms with van der Waals surface area (Å²) in [7, 11) is 0. The number of rotatable bonds is 5. The highest BCUT2D eigenvalue weighted by atomic mass is 16.6. The Balaban J connectivity index is 1.75. The fraction of sp³-hybridized carbons (Fsp3) is 0.350. The van der Waals surface area contributed by atoms with Crippen LogP contribution in [-0.4, -0.2) is 24.0 Å². The minimum Gasteiger partial charge on any atom is -0.457 e. The first kappa shape index (κ1) is 17.9. The summed E-state index contributed by atoms with van der Waals surface area (Å²) in [5.41, 5.74) is 2.70. The highest BCUT2D eigenvalue weighted by Crippen LogP contribution is 2.31. The van der Waals surface area contributed by atoms with Gasteiger partial charge in [-0.2, -0.15) is 0 Å². The van der Waals surface area contributed by atoms with E-state index in [1.54, 1.807) is 12.1 Å². The third kappa shape index (κ3) is 4.20. The Morgan fingerprint density at radius 2 is 1.92 bits per heavy atom. The number of hydrogen-bond donors (Lipinski definition) is 0. The number of nitro benzene ring substituents is 1. The summed E-state index contributed by atoms with van der Waals surface area (Å²) in [6, 6.07) is 12.3. The van der Waals surface area contributed by atoms with Gasteiger partial charge in [-0.25, -0.2) is 4.79 Å². The number of carbonyl (C=O) groups is 1. The van der Waals surface area contributed by atoms with Crippen molar-refractivity contribution in [3.05, 3.63) is 69.3 Å². The Morgan fingerprint density at radius 3 is 2.62 bits per heavy atom. The average Bonchev–Trinajstić information content (AvgIpc) is 2.66. The zero-order valence-corrected chi connectivity index (χ0v) is 14.8. The van der Waals surface area contributed by atoms with E-state index in [9.17, 15) is 14.9 Å². The summed E-state index contributed by atoms with van der Waals surface area (Å²) in [5, 5.41) is 11.5. The molecule has 136 valence electrons. The van der Waals surface area contributed by atoms with Crippen LogP contribution in [0.25, 0.3) is 0 Å². The molecule has 3 rings (SSSR count). The maximum Gasteiger partial charge on any atom is 0.338 e. The third-order valence-electron chi connectivity index (χ3n) is 4.56. The molecule has 0 saturated carbocycles. The third-order valence-corrected chi connectivity index (χ3v) is 4.56. The normalized spacial score (nSPS) is 14.1. The molecule has 6 nitrogen and oxygen atoms in total. The van der Waals surface area contributed by atoms with Gasteiger partial charge >= 0.3 is 5.97 Å². The molecule has 0 N–H and O–H groups in total. The number of benzene rings is 2. The lowest BCUT2D eigenvalue weighted by Gasteiger charge is -2.28. The topological polar surface area (TPSA) is 72.7 Å². The van der Waals surface area contributed by atoms with Crippen LogP contribution < -0.4 is 4.90 Å². The minimum atomic E-state index is -0.556. The smallest absolute Gasteiger partial charge is 0.338 e. The number of carbonyl (C=O) groups excluding carboxylic acids is 1. The van der Waals surface area contributed by atoms with E-state index in [2.05, 4.69) is 0 Å². The molecule has 2 aromatic rings. The molecule has 0 aromatic heterocycles. The number of esters is 1. The first-order valence-corrected chi connectivity index (χ1v) is 8.80. The summed E-state index contributed by atoms with van der Waals surface area (Å²) >= 11 is 0. The van der Waals surface area contributed by atoms with Crippen LogP contribution in [-0.2, 0) is 11.3 Å². The fourth-order valence-electron chi connectivity index (χ4n) is 3.23. The number of hydrogen-bond acceptors (Lipinski definition) is 5. The molecule has 0 spiro atoms. The van der Waals surface area contributed by atoms with Gasteiger partial charge in [0, 0.05) is 19.2 Å². The summed E-state index contributed by atoms with van der Waals surface area (Å²) in [6.07, 6.45) is 3.20. The number of anilines is 1. The average molecular weight is 354 g/mol. The first-order chi connectivity index (χ1) is 12.5. The van der Waals surface area contributed by atoms with Crippen LogP contribution in [0.5, 0.6) is 0 Å². The monoisotopic (exact) mass is 354 g/mol. The van der Waals surface area contributed by atoms with Crippen LogP contribution in [0.3, 0.4) is 0 Å². The van der Waals surface area contributed by atoms with E-state index in [4.69, 9.17) is 4.74 Å². The second-order valence-corrected chi connectivity index (χ2v) is 6.57. The second kappa shape index (κ2) is 7.99. The van der Waals surface area contributed by atoms with Crippen molar-refractivity contribution >= 4 is 17.3 Å². The molecule has 0 unspecified atom stereocenters. The van der Waals surface area contributed by atoms with E-state index in [1.165, 1.54) is 6.07 Å². The molecule has 1 saturated heterocycles. The largest absolute Gasteiger partial charge is 0.457 e. The van der Waals surface area contributed by atoms with Crippen molar-refractivity contribution in [2.75, 3.05) is 18.0 Å². The SMILES string of the molecule is Cc1cccc(COC(=O)c2ccc(N3CCCCC3)c([N+](=O)[O-])c2)c1. The van der Waals surface area contributed by atoms with E-state index in [0.717, 1.165) is 43.5 Å². The standard InChI is InChI=1S/C20H22N2O4/c1-15-6-5-7-16(12-15)14-26-20(23)17-8-9-18(19(13-17)22(24)25)21-10-3-2-4-11-21/h5-9,12-13H,2-4,10-11,14H2,1H3. The van der Waals surface area contributed by atoms with Gasteiger partial charge in [0.25, 0.3) is 5.69 Å². The summed E-state index contributed by atoms with van der Waals surface area (Å²) in [6.45, 7) is 3.71. The summed E-state index contributed by atoms with van der Waals surface area (Å²) in [5.74, 6) is -0.556. The van der Waals surface area contributed by atoms with Gasteiger partial charge in [0.05, 0.1) is 10.5 Å². The number of ether oxygens (including phenoxy) is 1. The van der Waals surface area contributed by atoms with E-state index < -0.39 is 10.9 Å². The van der Waals surface area contributed by atoms with Gasteiger partial charge in [-0.1, -0.05) is 29.8 Å². The van der Waals surface area contributed by atoms with Crippen molar-refractivity contribution in [3.8, 4) is 0 Å². The zero-order valence-electron chi connectivity index (χ0n) is 14.8. The predicted molar refractivity (Wildman–Crippen MR) is 99.5 cm³/mol. The molecule has 0 atom stereocenters.